The van der Waals surface area contributed by atoms with E-state index in [1.54, 1.807) is 6.07 Å². The number of benzene rings is 4. The van der Waals surface area contributed by atoms with Gasteiger partial charge in [-0.15, -0.1) is 0 Å². The van der Waals surface area contributed by atoms with Gasteiger partial charge in [0.05, 0.1) is 18.0 Å². The van der Waals surface area contributed by atoms with Gasteiger partial charge in [0.15, 0.2) is 0 Å². The molecule has 0 aliphatic carbocycles. The second kappa shape index (κ2) is 12.6. The molecule has 7 nitrogen and oxygen atoms in total. The van der Waals surface area contributed by atoms with Crippen LogP contribution in [0.3, 0.4) is 0 Å². The van der Waals surface area contributed by atoms with Crippen LogP contribution in [-0.4, -0.2) is 31.4 Å². The normalized spacial score (nSPS) is 13.0. The molecule has 0 aliphatic heterocycles. The minimum Gasteiger partial charge on any atom is -0.506 e. The Balaban J connectivity index is 1.46. The minimum atomic E-state index is -3.58. The summed E-state index contributed by atoms with van der Waals surface area (Å²) in [5.74, 6) is 0.557. The Morgan fingerprint density at radius 3 is 2.05 bits per heavy atom. The van der Waals surface area contributed by atoms with Crippen molar-refractivity contribution in [2.24, 2.45) is 0 Å². The summed E-state index contributed by atoms with van der Waals surface area (Å²) < 4.78 is 31.4. The number of aromatic hydroxyl groups is 1. The average molecular weight is 533 g/mol. The van der Waals surface area contributed by atoms with Crippen molar-refractivity contribution in [2.75, 3.05) is 17.5 Å². The Morgan fingerprint density at radius 1 is 0.816 bits per heavy atom. The molecule has 2 atom stereocenters. The molecule has 4 N–H and O–H groups in total. The highest BCUT2D eigenvalue weighted by molar-refractivity contribution is 7.92. The molecule has 0 radical (unpaired) electrons. The van der Waals surface area contributed by atoms with E-state index < -0.39 is 16.1 Å². The standard InChI is InChI=1S/C30H32N2O5S/c1-38(35,36)32-28-19-25(14-17-29(28)33)30(34)20-31-27(18-22-8-4-2-5-9-22)24-12-15-26(16-13-24)37-21-23-10-6-3-7-11-23/h2-17,19,27,30-34H,18,20-21H2,1H3/t27-,30+/m1/s1. The van der Waals surface area contributed by atoms with Crippen molar-refractivity contribution in [2.45, 2.75) is 25.2 Å². The lowest BCUT2D eigenvalue weighted by Crippen LogP contribution is -2.28. The van der Waals surface area contributed by atoms with Gasteiger partial charge in [-0.25, -0.2) is 8.42 Å². The van der Waals surface area contributed by atoms with E-state index in [0.717, 1.165) is 28.7 Å². The first-order valence-electron chi connectivity index (χ1n) is 12.3. The summed E-state index contributed by atoms with van der Waals surface area (Å²) >= 11 is 0. The minimum absolute atomic E-state index is 0.0241. The second-order valence-corrected chi connectivity index (χ2v) is 10.9. The maximum Gasteiger partial charge on any atom is 0.229 e. The zero-order chi connectivity index (χ0) is 27.0. The number of aliphatic hydroxyl groups is 1. The fourth-order valence-corrected chi connectivity index (χ4v) is 4.67. The molecule has 0 heterocycles. The zero-order valence-corrected chi connectivity index (χ0v) is 21.9. The molecule has 4 aromatic carbocycles. The average Bonchev–Trinajstić information content (AvgIpc) is 2.91. The number of nitrogens with one attached hydrogen (secondary N) is 2. The van der Waals surface area contributed by atoms with Gasteiger partial charge in [0.25, 0.3) is 0 Å². The highest BCUT2D eigenvalue weighted by Gasteiger charge is 2.17. The second-order valence-electron chi connectivity index (χ2n) is 9.16. The van der Waals surface area contributed by atoms with Gasteiger partial charge >= 0.3 is 0 Å². The molecule has 4 aromatic rings. The van der Waals surface area contributed by atoms with Crippen molar-refractivity contribution in [1.29, 1.82) is 0 Å². The number of sulfonamides is 1. The molecule has 0 unspecified atom stereocenters. The maximum atomic E-state index is 11.6. The molecule has 0 saturated carbocycles. The summed E-state index contributed by atoms with van der Waals surface area (Å²) in [5, 5.41) is 24.3. The van der Waals surface area contributed by atoms with Crippen molar-refractivity contribution in [1.82, 2.24) is 5.32 Å². The van der Waals surface area contributed by atoms with Crippen LogP contribution in [0.1, 0.15) is 34.4 Å². The Kier molecular flexibility index (Phi) is 9.02. The van der Waals surface area contributed by atoms with Crippen molar-refractivity contribution in [3.8, 4) is 11.5 Å². The van der Waals surface area contributed by atoms with Crippen LogP contribution < -0.4 is 14.8 Å². The van der Waals surface area contributed by atoms with E-state index in [-0.39, 0.29) is 24.0 Å². The van der Waals surface area contributed by atoms with E-state index in [0.29, 0.717) is 18.6 Å². The highest BCUT2D eigenvalue weighted by Crippen LogP contribution is 2.28. The molecule has 0 amide bonds. The molecule has 8 heteroatoms. The van der Waals surface area contributed by atoms with Crippen molar-refractivity contribution in [3.05, 3.63) is 125 Å². The smallest absolute Gasteiger partial charge is 0.229 e. The van der Waals surface area contributed by atoms with Crippen molar-refractivity contribution < 1.29 is 23.4 Å². The Morgan fingerprint density at radius 2 is 1.42 bits per heavy atom. The summed E-state index contributed by atoms with van der Waals surface area (Å²) in [5.41, 5.74) is 3.78. The molecule has 0 fully saturated rings. The predicted octanol–water partition coefficient (Wildman–Crippen LogP) is 4.95. The van der Waals surface area contributed by atoms with Crippen LogP contribution in [0.15, 0.2) is 103 Å². The maximum absolute atomic E-state index is 11.6. The van der Waals surface area contributed by atoms with Crippen LogP contribution >= 0.6 is 0 Å². The van der Waals surface area contributed by atoms with Gasteiger partial charge in [-0.1, -0.05) is 78.9 Å². The van der Waals surface area contributed by atoms with Crippen molar-refractivity contribution >= 4 is 15.7 Å². The number of phenolic OH excluding ortho intramolecular Hbond substituents is 1. The van der Waals surface area contributed by atoms with Gasteiger partial charge in [-0.3, -0.25) is 4.72 Å². The van der Waals surface area contributed by atoms with Gasteiger partial charge in [0.2, 0.25) is 10.0 Å². The number of hydrogen-bond donors (Lipinski definition) is 4. The molecule has 38 heavy (non-hydrogen) atoms. The number of phenols is 1. The monoisotopic (exact) mass is 532 g/mol. The van der Waals surface area contributed by atoms with E-state index in [1.807, 2.05) is 72.8 Å². The summed E-state index contributed by atoms with van der Waals surface area (Å²) in [6, 6.07) is 32.3. The fraction of sp³-hybridized carbons (Fsp3) is 0.200. The molecular weight excluding hydrogens is 500 g/mol. The lowest BCUT2D eigenvalue weighted by atomic mass is 9.98. The molecule has 198 valence electrons. The fourth-order valence-electron chi connectivity index (χ4n) is 4.11. The number of aliphatic hydroxyl groups excluding tert-OH is 1. The predicted molar refractivity (Wildman–Crippen MR) is 150 cm³/mol. The third kappa shape index (κ3) is 8.08. The van der Waals surface area contributed by atoms with Gasteiger partial charge < -0.3 is 20.3 Å². The van der Waals surface area contributed by atoms with E-state index in [9.17, 15) is 18.6 Å². The lowest BCUT2D eigenvalue weighted by molar-refractivity contribution is 0.169. The zero-order valence-electron chi connectivity index (χ0n) is 21.1. The molecule has 0 bridgehead atoms. The van der Waals surface area contributed by atoms with E-state index in [2.05, 4.69) is 22.2 Å². The SMILES string of the molecule is CS(=O)(=O)Nc1cc([C@@H](O)CN[C@H](Cc2ccccc2)c2ccc(OCc3ccccc3)cc2)ccc1O. The molecule has 0 aliphatic rings. The third-order valence-electron chi connectivity index (χ3n) is 6.07. The number of hydrogen-bond acceptors (Lipinski definition) is 6. The summed E-state index contributed by atoms with van der Waals surface area (Å²) in [6.45, 7) is 0.702. The quantitative estimate of drug-likeness (QED) is 0.192. The van der Waals surface area contributed by atoms with Gasteiger partial charge in [0, 0.05) is 12.6 Å². The van der Waals surface area contributed by atoms with Crippen LogP contribution in [-0.2, 0) is 23.1 Å². The first kappa shape index (κ1) is 27.2. The largest absolute Gasteiger partial charge is 0.506 e. The Hall–Kier alpha value is -3.85. The molecule has 4 rings (SSSR count). The first-order chi connectivity index (χ1) is 18.3. The van der Waals surface area contributed by atoms with Gasteiger partial charge in [-0.2, -0.15) is 0 Å². The van der Waals surface area contributed by atoms with E-state index in [4.69, 9.17) is 4.74 Å². The topological polar surface area (TPSA) is 108 Å². The summed E-state index contributed by atoms with van der Waals surface area (Å²) in [6.07, 6.45) is 0.778. The van der Waals surface area contributed by atoms with Crippen LogP contribution in [0, 0.1) is 0 Å². The first-order valence-corrected chi connectivity index (χ1v) is 14.2. The molecule has 0 spiro atoms. The molecule has 0 saturated heterocycles. The third-order valence-corrected chi connectivity index (χ3v) is 6.66. The van der Waals surface area contributed by atoms with Crippen LogP contribution in [0.4, 0.5) is 5.69 Å². The lowest BCUT2D eigenvalue weighted by Gasteiger charge is -2.22. The van der Waals surface area contributed by atoms with Crippen molar-refractivity contribution in [3.63, 3.8) is 0 Å². The van der Waals surface area contributed by atoms with Crippen LogP contribution in [0.25, 0.3) is 0 Å². The Labute approximate surface area is 223 Å². The van der Waals surface area contributed by atoms with Crippen LogP contribution in [0.5, 0.6) is 11.5 Å². The van der Waals surface area contributed by atoms with Crippen LogP contribution in [0.2, 0.25) is 0 Å². The van der Waals surface area contributed by atoms with Gasteiger partial charge in [0.1, 0.15) is 18.1 Å². The number of ether oxygens (including phenoxy) is 1. The number of anilines is 1. The van der Waals surface area contributed by atoms with E-state index >= 15 is 0 Å². The molecule has 0 aromatic heterocycles. The highest BCUT2D eigenvalue weighted by atomic mass is 32.2. The summed E-state index contributed by atoms with van der Waals surface area (Å²) in [7, 11) is -3.58. The van der Waals surface area contributed by atoms with E-state index in [1.165, 1.54) is 12.1 Å². The molecular formula is C30H32N2O5S. The Bertz CT molecular complexity index is 1410. The number of rotatable bonds is 12. The summed E-state index contributed by atoms with van der Waals surface area (Å²) in [4.78, 5) is 0. The van der Waals surface area contributed by atoms with Gasteiger partial charge in [-0.05, 0) is 52.9 Å².